The van der Waals surface area contributed by atoms with Crippen LogP contribution in [0.1, 0.15) is 30.6 Å². The first kappa shape index (κ1) is 16.7. The van der Waals surface area contributed by atoms with E-state index in [1.165, 1.54) is 24.3 Å². The largest absolute Gasteiger partial charge is 0.508 e. The number of hydrogen-bond acceptors (Lipinski definition) is 3. The van der Waals surface area contributed by atoms with Crippen LogP contribution in [0.2, 0.25) is 0 Å². The van der Waals surface area contributed by atoms with Gasteiger partial charge in [-0.2, -0.15) is 0 Å². The van der Waals surface area contributed by atoms with Gasteiger partial charge < -0.3 is 9.67 Å². The van der Waals surface area contributed by atoms with E-state index in [9.17, 15) is 13.5 Å². The van der Waals surface area contributed by atoms with Gasteiger partial charge in [0.1, 0.15) is 5.75 Å². The van der Waals surface area contributed by atoms with E-state index in [0.717, 1.165) is 16.9 Å². The Labute approximate surface area is 153 Å². The molecular formula is C20H20N2O3S. The molecule has 0 amide bonds. The maximum absolute atomic E-state index is 13.5. The fourth-order valence-electron chi connectivity index (χ4n) is 3.68. The van der Waals surface area contributed by atoms with E-state index in [2.05, 4.69) is 4.57 Å². The third kappa shape index (κ3) is 2.33. The summed E-state index contributed by atoms with van der Waals surface area (Å²) in [5.41, 5.74) is 3.42. The molecule has 0 saturated carbocycles. The van der Waals surface area contributed by atoms with Gasteiger partial charge >= 0.3 is 0 Å². The highest BCUT2D eigenvalue weighted by atomic mass is 32.2. The molecule has 6 heteroatoms. The minimum Gasteiger partial charge on any atom is -0.508 e. The quantitative estimate of drug-likeness (QED) is 0.755. The maximum Gasteiger partial charge on any atom is 0.265 e. The molecule has 0 radical (unpaired) electrons. The van der Waals surface area contributed by atoms with Crippen molar-refractivity contribution in [1.82, 2.24) is 4.57 Å². The lowest BCUT2D eigenvalue weighted by molar-refractivity contribution is 0.474. The van der Waals surface area contributed by atoms with Gasteiger partial charge in [0, 0.05) is 11.9 Å². The highest BCUT2D eigenvalue weighted by Crippen LogP contribution is 2.45. The smallest absolute Gasteiger partial charge is 0.265 e. The summed E-state index contributed by atoms with van der Waals surface area (Å²) in [5, 5.41) is 9.52. The zero-order chi connectivity index (χ0) is 18.5. The Morgan fingerprint density at radius 3 is 2.46 bits per heavy atom. The highest BCUT2D eigenvalue weighted by molar-refractivity contribution is 7.92. The zero-order valence-electron chi connectivity index (χ0n) is 14.6. The number of aromatic nitrogens is 1. The topological polar surface area (TPSA) is 62.5 Å². The second kappa shape index (κ2) is 5.92. The summed E-state index contributed by atoms with van der Waals surface area (Å²) in [4.78, 5) is 0.169. The van der Waals surface area contributed by atoms with Gasteiger partial charge in [0.25, 0.3) is 10.0 Å². The number of fused-ring (bicyclic) bond motifs is 3. The molecule has 0 bridgehead atoms. The van der Waals surface area contributed by atoms with Gasteiger partial charge in [-0.3, -0.25) is 4.31 Å². The predicted octanol–water partition coefficient (Wildman–Crippen LogP) is 4.15. The molecule has 1 N–H and O–H groups in total. The molecule has 1 atom stereocenters. The molecule has 1 aliphatic heterocycles. The summed E-state index contributed by atoms with van der Waals surface area (Å²) < 4.78 is 30.7. The fourth-order valence-corrected chi connectivity index (χ4v) is 5.46. The molecule has 0 aliphatic carbocycles. The number of para-hydroxylation sites is 1. The number of anilines is 1. The Hall–Kier alpha value is -2.73. The van der Waals surface area contributed by atoms with Crippen molar-refractivity contribution in [3.05, 3.63) is 72.1 Å². The van der Waals surface area contributed by atoms with E-state index < -0.39 is 10.0 Å². The number of phenols is 1. The van der Waals surface area contributed by atoms with Crippen molar-refractivity contribution in [2.75, 3.05) is 4.31 Å². The minimum atomic E-state index is -3.79. The number of sulfonamides is 1. The third-order valence-electron chi connectivity index (χ3n) is 4.88. The summed E-state index contributed by atoms with van der Waals surface area (Å²) in [6.07, 6.45) is 2.62. The van der Waals surface area contributed by atoms with E-state index >= 15 is 0 Å². The Kier molecular flexibility index (Phi) is 3.80. The van der Waals surface area contributed by atoms with Crippen LogP contribution in [0.3, 0.4) is 0 Å². The second-order valence-electron chi connectivity index (χ2n) is 6.46. The molecule has 2 aromatic carbocycles. The number of nitrogens with zero attached hydrogens (tertiary/aromatic N) is 2. The van der Waals surface area contributed by atoms with Crippen molar-refractivity contribution in [3.8, 4) is 11.4 Å². The molecule has 2 heterocycles. The minimum absolute atomic E-state index is 0.0418. The maximum atomic E-state index is 13.5. The van der Waals surface area contributed by atoms with Gasteiger partial charge in [-0.1, -0.05) is 19.1 Å². The number of rotatable bonds is 3. The number of phenolic OH excluding ortho intramolecular Hbond substituents is 1. The molecule has 1 aliphatic rings. The van der Waals surface area contributed by atoms with E-state index in [1.54, 1.807) is 4.31 Å². The molecule has 3 aromatic rings. The van der Waals surface area contributed by atoms with E-state index in [1.807, 2.05) is 50.4 Å². The second-order valence-corrected chi connectivity index (χ2v) is 8.28. The van der Waals surface area contributed by atoms with Crippen molar-refractivity contribution in [1.29, 1.82) is 0 Å². The molecule has 5 nitrogen and oxygen atoms in total. The lowest BCUT2D eigenvalue weighted by Gasteiger charge is -2.39. The normalized spacial score (nSPS) is 16.2. The Bertz CT molecular complexity index is 1070. The predicted molar refractivity (Wildman–Crippen MR) is 101 cm³/mol. The third-order valence-corrected chi connectivity index (χ3v) is 6.70. The van der Waals surface area contributed by atoms with Gasteiger partial charge in [0.15, 0.2) is 0 Å². The summed E-state index contributed by atoms with van der Waals surface area (Å²) in [6.45, 7) is 3.92. The van der Waals surface area contributed by atoms with Crippen molar-refractivity contribution < 1.29 is 13.5 Å². The Morgan fingerprint density at radius 2 is 1.77 bits per heavy atom. The van der Waals surface area contributed by atoms with Crippen molar-refractivity contribution >= 4 is 15.7 Å². The first-order valence-corrected chi connectivity index (χ1v) is 10.00. The SMILES string of the molecule is CCC1c2cccn2-c2cccc(C)c2N1S(=O)(=O)c1ccc(O)cc1. The van der Waals surface area contributed by atoms with Gasteiger partial charge in [-0.05, 0) is 61.4 Å². The monoisotopic (exact) mass is 368 g/mol. The Morgan fingerprint density at radius 1 is 1.04 bits per heavy atom. The van der Waals surface area contributed by atoms with E-state index in [-0.39, 0.29) is 16.7 Å². The van der Waals surface area contributed by atoms with E-state index in [0.29, 0.717) is 12.1 Å². The molecular weight excluding hydrogens is 348 g/mol. The molecule has 134 valence electrons. The van der Waals surface area contributed by atoms with Gasteiger partial charge in [-0.15, -0.1) is 0 Å². The first-order chi connectivity index (χ1) is 12.4. The van der Waals surface area contributed by atoms with Crippen molar-refractivity contribution in [2.24, 2.45) is 0 Å². The zero-order valence-corrected chi connectivity index (χ0v) is 15.4. The lowest BCUT2D eigenvalue weighted by atomic mass is 10.0. The van der Waals surface area contributed by atoms with Crippen LogP contribution >= 0.6 is 0 Å². The summed E-state index contributed by atoms with van der Waals surface area (Å²) in [6, 6.07) is 15.1. The molecule has 1 aromatic heterocycles. The van der Waals surface area contributed by atoms with E-state index in [4.69, 9.17) is 0 Å². The summed E-state index contributed by atoms with van der Waals surface area (Å²) >= 11 is 0. The number of benzene rings is 2. The van der Waals surface area contributed by atoms with Crippen LogP contribution in [0.25, 0.3) is 5.69 Å². The molecule has 0 fully saturated rings. The summed E-state index contributed by atoms with van der Waals surface area (Å²) in [7, 11) is -3.79. The van der Waals surface area contributed by atoms with Crippen molar-refractivity contribution in [2.45, 2.75) is 31.2 Å². The lowest BCUT2D eigenvalue weighted by Crippen LogP contribution is -2.39. The van der Waals surface area contributed by atoms with Crippen LogP contribution in [-0.2, 0) is 10.0 Å². The van der Waals surface area contributed by atoms with Gasteiger partial charge in [0.05, 0.1) is 22.3 Å². The average Bonchev–Trinajstić information content (AvgIpc) is 3.11. The van der Waals surface area contributed by atoms with Crippen LogP contribution < -0.4 is 4.31 Å². The first-order valence-electron chi connectivity index (χ1n) is 8.56. The summed E-state index contributed by atoms with van der Waals surface area (Å²) in [5.74, 6) is 0.0418. The fraction of sp³-hybridized carbons (Fsp3) is 0.200. The van der Waals surface area contributed by atoms with Gasteiger partial charge in [-0.25, -0.2) is 8.42 Å². The van der Waals surface area contributed by atoms with Crippen LogP contribution in [0, 0.1) is 6.92 Å². The standard InChI is InChI=1S/C20H20N2O3S/c1-3-17-18-8-5-13-21(18)19-7-4-6-14(2)20(19)22(17)26(24,25)16-11-9-15(23)10-12-16/h4-13,17,23H,3H2,1-2H3. The highest BCUT2D eigenvalue weighted by Gasteiger charge is 2.39. The molecule has 4 rings (SSSR count). The number of hydrogen-bond donors (Lipinski definition) is 1. The number of aromatic hydroxyl groups is 1. The molecule has 26 heavy (non-hydrogen) atoms. The average molecular weight is 368 g/mol. The molecule has 1 unspecified atom stereocenters. The molecule has 0 saturated heterocycles. The van der Waals surface area contributed by atoms with Crippen LogP contribution in [0.15, 0.2) is 65.7 Å². The van der Waals surface area contributed by atoms with Gasteiger partial charge in [0.2, 0.25) is 0 Å². The van der Waals surface area contributed by atoms with Crippen molar-refractivity contribution in [3.63, 3.8) is 0 Å². The number of aryl methyl sites for hydroxylation is 1. The van der Waals surface area contributed by atoms with Crippen LogP contribution in [0.5, 0.6) is 5.75 Å². The molecule has 0 spiro atoms. The van der Waals surface area contributed by atoms with Crippen LogP contribution in [0.4, 0.5) is 5.69 Å². The Balaban J connectivity index is 2.00. The van der Waals surface area contributed by atoms with Crippen LogP contribution in [-0.4, -0.2) is 18.1 Å².